The van der Waals surface area contributed by atoms with Crippen molar-refractivity contribution in [3.8, 4) is 5.75 Å². The summed E-state index contributed by atoms with van der Waals surface area (Å²) in [7, 11) is 0. The Morgan fingerprint density at radius 3 is 1.94 bits per heavy atom. The van der Waals surface area contributed by atoms with E-state index < -0.39 is 0 Å². The van der Waals surface area contributed by atoms with E-state index in [1.54, 1.807) is 37.6 Å². The molecular formula is C27H22CuN4O3. The number of carbonyl (C=O) groups is 2. The molecule has 2 aromatic rings. The van der Waals surface area contributed by atoms with Crippen molar-refractivity contribution < 1.29 is 31.8 Å². The fourth-order valence-corrected chi connectivity index (χ4v) is 3.36. The summed E-state index contributed by atoms with van der Waals surface area (Å²) in [5, 5.41) is 20.1. The molecule has 1 aliphatic carbocycles. The predicted octanol–water partition coefficient (Wildman–Crippen LogP) is 3.91. The Hall–Kier alpha value is -4.26. The minimum atomic E-state index is -0.354. The Bertz CT molecular complexity index is 1350. The van der Waals surface area contributed by atoms with Gasteiger partial charge in [-0.05, 0) is 53.8 Å². The first kappa shape index (κ1) is 25.4. The van der Waals surface area contributed by atoms with Crippen LogP contribution in [0.5, 0.6) is 5.75 Å². The molecular weight excluding hydrogens is 492 g/mol. The van der Waals surface area contributed by atoms with Crippen molar-refractivity contribution in [1.82, 2.24) is 10.9 Å². The first-order valence-electron chi connectivity index (χ1n) is 10.6. The molecule has 8 heteroatoms. The second-order valence-corrected chi connectivity index (χ2v) is 7.46. The standard InChI is InChI=1S/C15H14N2O3.C12H8N2.Cu/c1-10(13-4-2-3-5-14(13)19)16-17-15(20)11-6-8-12(18)9-7-11;1-3-9-5-6-10-4-2-8-14-12(10)11(9)13-7-1;/h2-9,16,18H,1H3,(H,17,20);1-8H;/q;-2;+2. The summed E-state index contributed by atoms with van der Waals surface area (Å²) in [6, 6.07) is 10.0. The van der Waals surface area contributed by atoms with Gasteiger partial charge in [0.05, 0.1) is 0 Å². The molecule has 0 saturated heterocycles. The van der Waals surface area contributed by atoms with E-state index in [1.165, 1.54) is 30.3 Å². The molecule has 0 saturated carbocycles. The van der Waals surface area contributed by atoms with Crippen LogP contribution in [0.3, 0.4) is 0 Å². The number of benzene rings is 2. The van der Waals surface area contributed by atoms with Crippen LogP contribution in [0.1, 0.15) is 17.3 Å². The van der Waals surface area contributed by atoms with Gasteiger partial charge in [0.2, 0.25) is 0 Å². The molecule has 0 fully saturated rings. The van der Waals surface area contributed by atoms with Gasteiger partial charge >= 0.3 is 17.1 Å². The molecule has 35 heavy (non-hydrogen) atoms. The Morgan fingerprint density at radius 2 is 1.37 bits per heavy atom. The first-order chi connectivity index (χ1) is 16.5. The van der Waals surface area contributed by atoms with Gasteiger partial charge in [-0.15, -0.1) is 11.4 Å². The summed E-state index contributed by atoms with van der Waals surface area (Å²) < 4.78 is 0. The van der Waals surface area contributed by atoms with Crippen LogP contribution in [-0.2, 0) is 21.9 Å². The number of aromatic hydroxyl groups is 1. The molecule has 0 aromatic heterocycles. The fraction of sp³-hybridized carbons (Fsp3) is 0.0370. The summed E-state index contributed by atoms with van der Waals surface area (Å²) in [5.74, 6) is -0.373. The van der Waals surface area contributed by atoms with E-state index in [-0.39, 0.29) is 34.5 Å². The number of nitrogens with one attached hydrogen (secondary N) is 2. The zero-order valence-corrected chi connectivity index (χ0v) is 19.6. The minimum Gasteiger partial charge on any atom is -0.665 e. The molecule has 2 heterocycles. The normalized spacial score (nSPS) is 15.3. The Balaban J connectivity index is 0.000000200. The van der Waals surface area contributed by atoms with Gasteiger partial charge in [-0.1, -0.05) is 48.6 Å². The third-order valence-electron chi connectivity index (χ3n) is 5.13. The van der Waals surface area contributed by atoms with Gasteiger partial charge in [-0.2, -0.15) is 12.4 Å². The van der Waals surface area contributed by atoms with Crippen molar-refractivity contribution >= 4 is 35.2 Å². The Kier molecular flexibility index (Phi) is 8.51. The van der Waals surface area contributed by atoms with Crippen molar-refractivity contribution in [3.63, 3.8) is 0 Å². The van der Waals surface area contributed by atoms with Crippen molar-refractivity contribution in [2.75, 3.05) is 0 Å². The third-order valence-corrected chi connectivity index (χ3v) is 5.13. The molecule has 1 radical (unpaired) electrons. The second-order valence-electron chi connectivity index (χ2n) is 7.46. The molecule has 5 rings (SSSR count). The SMILES string of the molecule is C1=C[N-]c2c3c(ccc2=C1)=CC=C[N-]3.CC(NNC(=O)c1ccc(O)cc1)=C1C=CC=CC1=O.[Cu+2]. The molecule has 0 spiro atoms. The van der Waals surface area contributed by atoms with Crippen LogP contribution in [0.4, 0.5) is 11.4 Å². The Labute approximate surface area is 213 Å². The van der Waals surface area contributed by atoms with Crippen LogP contribution in [0.25, 0.3) is 22.8 Å². The van der Waals surface area contributed by atoms with Gasteiger partial charge in [0.1, 0.15) is 5.75 Å². The van der Waals surface area contributed by atoms with Crippen molar-refractivity contribution in [3.05, 3.63) is 123 Å². The minimum absolute atomic E-state index is 0. The molecule has 179 valence electrons. The zero-order valence-electron chi connectivity index (χ0n) is 18.7. The number of rotatable bonds is 3. The van der Waals surface area contributed by atoms with Crippen LogP contribution in [0.15, 0.2) is 96.5 Å². The quantitative estimate of drug-likeness (QED) is 0.328. The van der Waals surface area contributed by atoms with E-state index in [1.807, 2.05) is 12.2 Å². The van der Waals surface area contributed by atoms with Crippen LogP contribution >= 0.6 is 0 Å². The molecule has 1 amide bonds. The van der Waals surface area contributed by atoms with Crippen molar-refractivity contribution in [2.24, 2.45) is 0 Å². The molecule has 2 aromatic carbocycles. The number of ketones is 1. The number of nitrogens with zero attached hydrogens (tertiary/aromatic N) is 2. The van der Waals surface area contributed by atoms with Gasteiger partial charge in [-0.25, -0.2) is 0 Å². The average molecular weight is 514 g/mol. The van der Waals surface area contributed by atoms with E-state index >= 15 is 0 Å². The summed E-state index contributed by atoms with van der Waals surface area (Å²) in [5.41, 5.74) is 8.62. The van der Waals surface area contributed by atoms with E-state index in [9.17, 15) is 9.59 Å². The molecule has 0 bridgehead atoms. The predicted molar refractivity (Wildman–Crippen MR) is 134 cm³/mol. The molecule has 0 unspecified atom stereocenters. The Morgan fingerprint density at radius 1 is 0.800 bits per heavy atom. The average Bonchev–Trinajstić information content (AvgIpc) is 2.88. The largest absolute Gasteiger partial charge is 2.00 e. The summed E-state index contributed by atoms with van der Waals surface area (Å²) in [4.78, 5) is 23.4. The number of carbonyl (C=O) groups excluding carboxylic acids is 2. The number of phenolic OH excluding ortho intramolecular Hbond substituents is 1. The molecule has 0 atom stereocenters. The van der Waals surface area contributed by atoms with Gasteiger partial charge in [-0.3, -0.25) is 15.0 Å². The monoisotopic (exact) mass is 513 g/mol. The van der Waals surface area contributed by atoms with Gasteiger partial charge in [0.15, 0.2) is 5.78 Å². The van der Waals surface area contributed by atoms with Crippen molar-refractivity contribution in [2.45, 2.75) is 6.92 Å². The summed E-state index contributed by atoms with van der Waals surface area (Å²) >= 11 is 0. The molecule has 3 aliphatic rings. The number of fused-ring (bicyclic) bond motifs is 3. The van der Waals surface area contributed by atoms with Crippen LogP contribution < -0.4 is 21.3 Å². The maximum absolute atomic E-state index is 11.8. The number of hydrogen-bond donors (Lipinski definition) is 3. The maximum Gasteiger partial charge on any atom is 2.00 e. The molecule has 2 aliphatic heterocycles. The van der Waals surface area contributed by atoms with E-state index in [4.69, 9.17) is 5.11 Å². The van der Waals surface area contributed by atoms with Crippen LogP contribution in [0.2, 0.25) is 0 Å². The topological polar surface area (TPSA) is 107 Å². The zero-order chi connectivity index (χ0) is 23.9. The smallest absolute Gasteiger partial charge is 0.665 e. The maximum atomic E-state index is 11.8. The van der Waals surface area contributed by atoms with Crippen LogP contribution in [0, 0.1) is 0 Å². The third kappa shape index (κ3) is 6.20. The number of phenols is 1. The van der Waals surface area contributed by atoms with E-state index in [2.05, 4.69) is 45.8 Å². The summed E-state index contributed by atoms with van der Waals surface area (Å²) in [6.07, 6.45) is 18.1. The molecule has 3 N–H and O–H groups in total. The van der Waals surface area contributed by atoms with E-state index in [0.717, 1.165) is 21.8 Å². The van der Waals surface area contributed by atoms with Gasteiger partial charge < -0.3 is 21.2 Å². The van der Waals surface area contributed by atoms with Gasteiger partial charge in [0.25, 0.3) is 5.91 Å². The molecule has 7 nitrogen and oxygen atoms in total. The summed E-state index contributed by atoms with van der Waals surface area (Å²) in [6.45, 7) is 1.70. The number of hydrogen-bond acceptors (Lipinski definition) is 4. The number of amides is 1. The van der Waals surface area contributed by atoms with Crippen molar-refractivity contribution in [1.29, 1.82) is 0 Å². The van der Waals surface area contributed by atoms with Crippen LogP contribution in [-0.4, -0.2) is 16.8 Å². The number of hydrazine groups is 1. The fourth-order valence-electron chi connectivity index (χ4n) is 3.36. The number of allylic oxidation sites excluding steroid dienone is 8. The van der Waals surface area contributed by atoms with E-state index in [0.29, 0.717) is 16.8 Å². The van der Waals surface area contributed by atoms with Gasteiger partial charge in [0, 0.05) is 16.8 Å². The first-order valence-corrected chi connectivity index (χ1v) is 10.6. The second kappa shape index (κ2) is 11.7.